The van der Waals surface area contributed by atoms with E-state index >= 15 is 0 Å². The highest BCUT2D eigenvalue weighted by Gasteiger charge is 2.01. The number of aromatic hydroxyl groups is 1. The molecule has 0 atom stereocenters. The third-order valence-corrected chi connectivity index (χ3v) is 2.56. The van der Waals surface area contributed by atoms with E-state index in [2.05, 4.69) is 12.1 Å². The molecule has 0 spiro atoms. The van der Waals surface area contributed by atoms with Crippen molar-refractivity contribution in [2.45, 2.75) is 12.8 Å². The lowest BCUT2D eigenvalue weighted by Gasteiger charge is -2.03. The first kappa shape index (κ1) is 10.7. The first-order valence-corrected chi connectivity index (χ1v) is 5.27. The fourth-order valence-electron chi connectivity index (χ4n) is 1.64. The molecule has 0 aromatic heterocycles. The van der Waals surface area contributed by atoms with Crippen molar-refractivity contribution in [1.29, 1.82) is 0 Å². The molecule has 16 heavy (non-hydrogen) atoms. The summed E-state index contributed by atoms with van der Waals surface area (Å²) in [6.07, 6.45) is 1.66. The van der Waals surface area contributed by atoms with Crippen LogP contribution in [0.1, 0.15) is 11.1 Å². The Bertz CT molecular complexity index is 465. The fraction of sp³-hybridized carbons (Fsp3) is 0.143. The highest BCUT2D eigenvalue weighted by atomic mass is 19.1. The minimum atomic E-state index is -0.550. The van der Waals surface area contributed by atoms with Gasteiger partial charge >= 0.3 is 0 Å². The van der Waals surface area contributed by atoms with Crippen molar-refractivity contribution in [1.82, 2.24) is 0 Å². The molecular weight excluding hydrogens is 203 g/mol. The van der Waals surface area contributed by atoms with E-state index in [1.54, 1.807) is 6.07 Å². The molecule has 0 amide bonds. The molecule has 0 unspecified atom stereocenters. The smallest absolute Gasteiger partial charge is 0.165 e. The highest BCUT2D eigenvalue weighted by molar-refractivity contribution is 5.28. The Hall–Kier alpha value is -1.83. The van der Waals surface area contributed by atoms with Gasteiger partial charge in [0, 0.05) is 0 Å². The summed E-state index contributed by atoms with van der Waals surface area (Å²) in [5.41, 5.74) is 2.13. The second-order valence-corrected chi connectivity index (χ2v) is 3.77. The average molecular weight is 216 g/mol. The third-order valence-electron chi connectivity index (χ3n) is 2.56. The molecule has 1 nitrogen and oxygen atoms in total. The Kier molecular flexibility index (Phi) is 3.20. The van der Waals surface area contributed by atoms with Crippen LogP contribution in [0, 0.1) is 5.82 Å². The Morgan fingerprint density at radius 3 is 2.25 bits per heavy atom. The Morgan fingerprint density at radius 1 is 0.875 bits per heavy atom. The van der Waals surface area contributed by atoms with Crippen LogP contribution >= 0.6 is 0 Å². The Morgan fingerprint density at radius 2 is 1.56 bits per heavy atom. The predicted octanol–water partition coefficient (Wildman–Crippen LogP) is 3.32. The van der Waals surface area contributed by atoms with Crippen LogP contribution in [-0.4, -0.2) is 5.11 Å². The number of halogens is 1. The van der Waals surface area contributed by atoms with Crippen molar-refractivity contribution in [3.63, 3.8) is 0 Å². The largest absolute Gasteiger partial charge is 0.505 e. The van der Waals surface area contributed by atoms with Crippen molar-refractivity contribution < 1.29 is 9.50 Å². The molecule has 2 heteroatoms. The zero-order chi connectivity index (χ0) is 11.4. The molecule has 82 valence electrons. The summed E-state index contributed by atoms with van der Waals surface area (Å²) in [5, 5.41) is 9.05. The molecule has 0 saturated carbocycles. The SMILES string of the molecule is Oc1ccc(CCc2ccccc2)cc1F. The first-order valence-electron chi connectivity index (χ1n) is 5.27. The van der Waals surface area contributed by atoms with Crippen molar-refractivity contribution in [2.24, 2.45) is 0 Å². The van der Waals surface area contributed by atoms with Gasteiger partial charge in [0.25, 0.3) is 0 Å². The zero-order valence-corrected chi connectivity index (χ0v) is 8.86. The molecule has 0 saturated heterocycles. The van der Waals surface area contributed by atoms with E-state index in [0.717, 1.165) is 18.4 Å². The third kappa shape index (κ3) is 2.60. The minimum Gasteiger partial charge on any atom is -0.505 e. The van der Waals surface area contributed by atoms with Gasteiger partial charge in [-0.3, -0.25) is 0 Å². The van der Waals surface area contributed by atoms with E-state index in [9.17, 15) is 4.39 Å². The van der Waals surface area contributed by atoms with Crippen LogP contribution in [-0.2, 0) is 12.8 Å². The van der Waals surface area contributed by atoms with Crippen LogP contribution in [0.15, 0.2) is 48.5 Å². The van der Waals surface area contributed by atoms with Gasteiger partial charge in [0.2, 0.25) is 0 Å². The normalized spacial score (nSPS) is 10.3. The maximum Gasteiger partial charge on any atom is 0.165 e. The van der Waals surface area contributed by atoms with Crippen LogP contribution in [0.2, 0.25) is 0 Å². The van der Waals surface area contributed by atoms with E-state index in [4.69, 9.17) is 5.11 Å². The number of aryl methyl sites for hydroxylation is 2. The highest BCUT2D eigenvalue weighted by Crippen LogP contribution is 2.17. The molecule has 2 rings (SSSR count). The molecular formula is C14H13FO. The van der Waals surface area contributed by atoms with Crippen LogP contribution < -0.4 is 0 Å². The average Bonchev–Trinajstić information content (AvgIpc) is 2.32. The number of phenols is 1. The van der Waals surface area contributed by atoms with Gasteiger partial charge in [0.1, 0.15) is 0 Å². The lowest BCUT2D eigenvalue weighted by Crippen LogP contribution is -1.91. The van der Waals surface area contributed by atoms with Gasteiger partial charge < -0.3 is 5.11 Å². The minimum absolute atomic E-state index is 0.288. The molecule has 0 heterocycles. The lowest BCUT2D eigenvalue weighted by molar-refractivity contribution is 0.432. The summed E-state index contributed by atoms with van der Waals surface area (Å²) < 4.78 is 13.1. The molecule has 0 aliphatic carbocycles. The topological polar surface area (TPSA) is 20.2 Å². The van der Waals surface area contributed by atoms with Gasteiger partial charge in [-0.2, -0.15) is 0 Å². The van der Waals surface area contributed by atoms with Crippen molar-refractivity contribution in [3.8, 4) is 5.75 Å². The summed E-state index contributed by atoms with van der Waals surface area (Å²) in [5.74, 6) is -0.839. The van der Waals surface area contributed by atoms with E-state index in [1.807, 2.05) is 18.2 Å². The molecule has 2 aromatic rings. The van der Waals surface area contributed by atoms with Gasteiger partial charge in [-0.25, -0.2) is 4.39 Å². The molecule has 0 aliphatic heterocycles. The second kappa shape index (κ2) is 4.79. The number of benzene rings is 2. The molecule has 0 radical (unpaired) electrons. The van der Waals surface area contributed by atoms with Crippen molar-refractivity contribution in [3.05, 3.63) is 65.5 Å². The van der Waals surface area contributed by atoms with Crippen LogP contribution in [0.3, 0.4) is 0 Å². The van der Waals surface area contributed by atoms with E-state index < -0.39 is 5.82 Å². The predicted molar refractivity (Wildman–Crippen MR) is 61.9 cm³/mol. The summed E-state index contributed by atoms with van der Waals surface area (Å²) in [6, 6.07) is 14.6. The Labute approximate surface area is 94.2 Å². The maximum absolute atomic E-state index is 13.1. The molecule has 2 aromatic carbocycles. The van der Waals surface area contributed by atoms with Gasteiger partial charge in [-0.05, 0) is 36.1 Å². The summed E-state index contributed by atoms with van der Waals surface area (Å²) in [4.78, 5) is 0. The quantitative estimate of drug-likeness (QED) is 0.834. The fourth-order valence-corrected chi connectivity index (χ4v) is 1.64. The lowest BCUT2D eigenvalue weighted by atomic mass is 10.0. The number of rotatable bonds is 3. The Balaban J connectivity index is 2.03. The second-order valence-electron chi connectivity index (χ2n) is 3.77. The summed E-state index contributed by atoms with van der Waals surface area (Å²) in [7, 11) is 0. The maximum atomic E-state index is 13.1. The van der Waals surface area contributed by atoms with Crippen LogP contribution in [0.25, 0.3) is 0 Å². The van der Waals surface area contributed by atoms with Crippen LogP contribution in [0.4, 0.5) is 4.39 Å². The van der Waals surface area contributed by atoms with Crippen molar-refractivity contribution >= 4 is 0 Å². The van der Waals surface area contributed by atoms with Crippen molar-refractivity contribution in [2.75, 3.05) is 0 Å². The molecule has 0 fully saturated rings. The van der Waals surface area contributed by atoms with Gasteiger partial charge in [0.05, 0.1) is 0 Å². The van der Waals surface area contributed by atoms with E-state index in [-0.39, 0.29) is 5.75 Å². The van der Waals surface area contributed by atoms with E-state index in [0.29, 0.717) is 0 Å². The van der Waals surface area contributed by atoms with E-state index in [1.165, 1.54) is 17.7 Å². The molecule has 0 aliphatic rings. The standard InChI is InChI=1S/C14H13FO/c15-13-10-12(8-9-14(13)16)7-6-11-4-2-1-3-5-11/h1-5,8-10,16H,6-7H2. The first-order chi connectivity index (χ1) is 7.75. The van der Waals surface area contributed by atoms with Gasteiger partial charge in [0.15, 0.2) is 11.6 Å². The zero-order valence-electron chi connectivity index (χ0n) is 8.86. The van der Waals surface area contributed by atoms with Crippen LogP contribution in [0.5, 0.6) is 5.75 Å². The molecule has 0 bridgehead atoms. The monoisotopic (exact) mass is 216 g/mol. The number of hydrogen-bond acceptors (Lipinski definition) is 1. The molecule has 1 N–H and O–H groups in total. The summed E-state index contributed by atoms with van der Waals surface area (Å²) in [6.45, 7) is 0. The van der Waals surface area contributed by atoms with Gasteiger partial charge in [-0.1, -0.05) is 36.4 Å². The summed E-state index contributed by atoms with van der Waals surface area (Å²) >= 11 is 0. The number of phenolic OH excluding ortho intramolecular Hbond substituents is 1. The number of hydrogen-bond donors (Lipinski definition) is 1. The van der Waals surface area contributed by atoms with Gasteiger partial charge in [-0.15, -0.1) is 0 Å².